The molecule has 2 heteroatoms. The van der Waals surface area contributed by atoms with Crippen molar-refractivity contribution in [2.24, 2.45) is 0 Å². The Hall–Kier alpha value is -3.39. The number of nitrogens with one attached hydrogen (secondary N) is 1. The van der Waals surface area contributed by atoms with E-state index < -0.39 is 0 Å². The first-order chi connectivity index (χ1) is 13.2. The molecule has 0 aliphatic heterocycles. The molecular weight excluding hydrogens is 330 g/mol. The van der Waals surface area contributed by atoms with Gasteiger partial charge in [-0.3, -0.25) is 4.79 Å². The highest BCUT2D eigenvalue weighted by atomic mass is 16.1. The number of aromatic amines is 1. The zero-order valence-corrected chi connectivity index (χ0v) is 15.3. The summed E-state index contributed by atoms with van der Waals surface area (Å²) in [6.07, 6.45) is 2.69. The van der Waals surface area contributed by atoms with Crippen LogP contribution in [0, 0.1) is 6.92 Å². The Kier molecular flexibility index (Phi) is 4.71. The molecule has 4 rings (SSSR count). The highest BCUT2D eigenvalue weighted by Crippen LogP contribution is 2.29. The van der Waals surface area contributed by atoms with Crippen LogP contribution in [-0.2, 0) is 6.42 Å². The van der Waals surface area contributed by atoms with Crippen molar-refractivity contribution in [2.75, 3.05) is 0 Å². The van der Waals surface area contributed by atoms with Crippen LogP contribution in [0.4, 0.5) is 0 Å². The van der Waals surface area contributed by atoms with Gasteiger partial charge in [0.2, 0.25) is 0 Å². The summed E-state index contributed by atoms with van der Waals surface area (Å²) in [4.78, 5) is 16.7. The predicted octanol–water partition coefficient (Wildman–Crippen LogP) is 5.81. The second kappa shape index (κ2) is 7.46. The smallest absolute Gasteiger partial charge is 0.195 e. The van der Waals surface area contributed by atoms with Crippen LogP contribution in [0.5, 0.6) is 0 Å². The van der Waals surface area contributed by atoms with Gasteiger partial charge in [0.25, 0.3) is 0 Å². The van der Waals surface area contributed by atoms with Gasteiger partial charge < -0.3 is 4.98 Å². The summed E-state index contributed by atoms with van der Waals surface area (Å²) in [6, 6.07) is 28.0. The molecule has 27 heavy (non-hydrogen) atoms. The molecule has 0 aliphatic carbocycles. The van der Waals surface area contributed by atoms with Crippen LogP contribution in [0.15, 0.2) is 91.1 Å². The van der Waals surface area contributed by atoms with Crippen molar-refractivity contribution >= 4 is 5.78 Å². The van der Waals surface area contributed by atoms with E-state index in [1.165, 1.54) is 11.1 Å². The van der Waals surface area contributed by atoms with Crippen LogP contribution in [0.2, 0.25) is 0 Å². The zero-order valence-electron chi connectivity index (χ0n) is 15.3. The van der Waals surface area contributed by atoms with Crippen LogP contribution in [-0.4, -0.2) is 10.8 Å². The van der Waals surface area contributed by atoms with E-state index >= 15 is 0 Å². The minimum atomic E-state index is 0.0540. The van der Waals surface area contributed by atoms with Crippen LogP contribution in [0.25, 0.3) is 11.3 Å². The number of carbonyl (C=O) groups excluding carboxylic acids is 1. The molecule has 0 atom stereocenters. The fourth-order valence-corrected chi connectivity index (χ4v) is 3.47. The second-order valence-electron chi connectivity index (χ2n) is 6.79. The molecule has 0 spiro atoms. The van der Waals surface area contributed by atoms with Crippen molar-refractivity contribution < 1.29 is 4.79 Å². The largest absolute Gasteiger partial charge is 0.360 e. The van der Waals surface area contributed by atoms with Crippen molar-refractivity contribution in [3.05, 3.63) is 119 Å². The first-order valence-electron chi connectivity index (χ1n) is 9.13. The van der Waals surface area contributed by atoms with Gasteiger partial charge in [-0.1, -0.05) is 90.5 Å². The lowest BCUT2D eigenvalue weighted by atomic mass is 9.93. The van der Waals surface area contributed by atoms with Crippen molar-refractivity contribution in [1.29, 1.82) is 0 Å². The van der Waals surface area contributed by atoms with Gasteiger partial charge in [0.15, 0.2) is 5.78 Å². The maximum atomic E-state index is 13.4. The Morgan fingerprint density at radius 3 is 2.26 bits per heavy atom. The molecule has 1 N–H and O–H groups in total. The maximum Gasteiger partial charge on any atom is 0.195 e. The number of aromatic nitrogens is 1. The lowest BCUT2D eigenvalue weighted by molar-refractivity contribution is 0.103. The lowest BCUT2D eigenvalue weighted by Gasteiger charge is -2.08. The SMILES string of the molecule is Cc1cccc(Cc2c[nH]c(-c3ccccc3)c2C(=O)c2ccccc2)c1. The third kappa shape index (κ3) is 3.61. The number of H-pyrrole nitrogens is 1. The summed E-state index contributed by atoms with van der Waals surface area (Å²) in [5.74, 6) is 0.0540. The highest BCUT2D eigenvalue weighted by molar-refractivity contribution is 6.13. The van der Waals surface area contributed by atoms with Gasteiger partial charge in [0, 0.05) is 11.8 Å². The minimum absolute atomic E-state index is 0.0540. The maximum absolute atomic E-state index is 13.4. The van der Waals surface area contributed by atoms with E-state index in [-0.39, 0.29) is 5.78 Å². The normalized spacial score (nSPS) is 10.7. The molecule has 0 bridgehead atoms. The van der Waals surface area contributed by atoms with Crippen LogP contribution >= 0.6 is 0 Å². The third-order valence-corrected chi connectivity index (χ3v) is 4.76. The summed E-state index contributed by atoms with van der Waals surface area (Å²) < 4.78 is 0. The average Bonchev–Trinajstić information content (AvgIpc) is 3.12. The van der Waals surface area contributed by atoms with E-state index in [0.717, 1.165) is 28.8 Å². The summed E-state index contributed by atoms with van der Waals surface area (Å²) in [5, 5.41) is 0. The van der Waals surface area contributed by atoms with Gasteiger partial charge in [0.05, 0.1) is 11.3 Å². The van der Waals surface area contributed by atoms with E-state index in [2.05, 4.69) is 36.2 Å². The zero-order chi connectivity index (χ0) is 18.6. The quantitative estimate of drug-likeness (QED) is 0.452. The van der Waals surface area contributed by atoms with E-state index in [0.29, 0.717) is 5.56 Å². The molecule has 0 saturated carbocycles. The molecule has 4 aromatic rings. The Morgan fingerprint density at radius 2 is 1.56 bits per heavy atom. The minimum Gasteiger partial charge on any atom is -0.360 e. The fourth-order valence-electron chi connectivity index (χ4n) is 3.47. The van der Waals surface area contributed by atoms with Crippen molar-refractivity contribution in [3.8, 4) is 11.3 Å². The van der Waals surface area contributed by atoms with Gasteiger partial charge in [-0.25, -0.2) is 0 Å². The Bertz CT molecular complexity index is 1060. The molecule has 1 heterocycles. The topological polar surface area (TPSA) is 32.9 Å². The molecule has 2 nitrogen and oxygen atoms in total. The van der Waals surface area contributed by atoms with Crippen molar-refractivity contribution in [3.63, 3.8) is 0 Å². The monoisotopic (exact) mass is 351 g/mol. The van der Waals surface area contributed by atoms with E-state index in [9.17, 15) is 4.79 Å². The molecule has 132 valence electrons. The van der Waals surface area contributed by atoms with E-state index in [1.807, 2.05) is 66.9 Å². The molecule has 0 saturated heterocycles. The Balaban J connectivity index is 1.82. The Morgan fingerprint density at radius 1 is 0.852 bits per heavy atom. The van der Waals surface area contributed by atoms with Crippen molar-refractivity contribution in [2.45, 2.75) is 13.3 Å². The number of ketones is 1. The van der Waals surface area contributed by atoms with Crippen LogP contribution in [0.3, 0.4) is 0 Å². The number of aryl methyl sites for hydroxylation is 1. The number of carbonyl (C=O) groups is 1. The van der Waals surface area contributed by atoms with Gasteiger partial charge in [0.1, 0.15) is 0 Å². The predicted molar refractivity (Wildman–Crippen MR) is 110 cm³/mol. The molecule has 0 fully saturated rings. The summed E-state index contributed by atoms with van der Waals surface area (Å²) >= 11 is 0. The van der Waals surface area contributed by atoms with Crippen LogP contribution in [0.1, 0.15) is 32.6 Å². The van der Waals surface area contributed by atoms with Crippen LogP contribution < -0.4 is 0 Å². The average molecular weight is 351 g/mol. The van der Waals surface area contributed by atoms with Gasteiger partial charge in [-0.15, -0.1) is 0 Å². The number of rotatable bonds is 5. The van der Waals surface area contributed by atoms with E-state index in [4.69, 9.17) is 0 Å². The molecule has 3 aromatic carbocycles. The molecule has 0 amide bonds. The summed E-state index contributed by atoms with van der Waals surface area (Å²) in [6.45, 7) is 2.09. The molecular formula is C25H21NO. The van der Waals surface area contributed by atoms with Gasteiger partial charge >= 0.3 is 0 Å². The number of hydrogen-bond donors (Lipinski definition) is 1. The molecule has 0 radical (unpaired) electrons. The number of benzene rings is 3. The fraction of sp³-hybridized carbons (Fsp3) is 0.0800. The first kappa shape index (κ1) is 17.0. The second-order valence-corrected chi connectivity index (χ2v) is 6.79. The van der Waals surface area contributed by atoms with E-state index in [1.54, 1.807) is 0 Å². The highest BCUT2D eigenvalue weighted by Gasteiger charge is 2.21. The summed E-state index contributed by atoms with van der Waals surface area (Å²) in [5.41, 5.74) is 6.82. The van der Waals surface area contributed by atoms with Gasteiger partial charge in [-0.05, 0) is 30.0 Å². The Labute approximate surface area is 159 Å². The molecule has 1 aromatic heterocycles. The van der Waals surface area contributed by atoms with Crippen molar-refractivity contribution in [1.82, 2.24) is 4.98 Å². The first-order valence-corrected chi connectivity index (χ1v) is 9.13. The number of hydrogen-bond acceptors (Lipinski definition) is 1. The van der Waals surface area contributed by atoms with Gasteiger partial charge in [-0.2, -0.15) is 0 Å². The lowest BCUT2D eigenvalue weighted by Crippen LogP contribution is -2.05. The molecule has 0 unspecified atom stereocenters. The summed E-state index contributed by atoms with van der Waals surface area (Å²) in [7, 11) is 0. The standard InChI is InChI=1S/C25H21NO/c1-18-9-8-10-19(15-18)16-22-17-26-24(20-11-4-2-5-12-20)23(22)25(27)21-13-6-3-7-14-21/h2-15,17,26H,16H2,1H3. The third-order valence-electron chi connectivity index (χ3n) is 4.76. The molecule has 0 aliphatic rings.